The third kappa shape index (κ3) is 2.23. The molecule has 0 radical (unpaired) electrons. The summed E-state index contributed by atoms with van der Waals surface area (Å²) in [4.78, 5) is 2.05. The lowest BCUT2D eigenvalue weighted by Crippen LogP contribution is -1.98. The highest BCUT2D eigenvalue weighted by Crippen LogP contribution is 2.35. The molecule has 0 saturated carbocycles. The monoisotopic (exact) mass is 231 g/mol. The van der Waals surface area contributed by atoms with Gasteiger partial charge in [0.05, 0.1) is 11.4 Å². The highest BCUT2D eigenvalue weighted by molar-refractivity contribution is 7.99. The van der Waals surface area contributed by atoms with Crippen LogP contribution in [-0.2, 0) is 0 Å². The van der Waals surface area contributed by atoms with Gasteiger partial charge in [0.1, 0.15) is 0 Å². The van der Waals surface area contributed by atoms with Gasteiger partial charge in [-0.05, 0) is 24.3 Å². The van der Waals surface area contributed by atoms with E-state index in [-0.39, 0.29) is 0 Å². The van der Waals surface area contributed by atoms with Gasteiger partial charge in [-0.25, -0.2) is 0 Å². The van der Waals surface area contributed by atoms with Gasteiger partial charge < -0.3 is 17.2 Å². The summed E-state index contributed by atoms with van der Waals surface area (Å²) in [5, 5.41) is 0. The van der Waals surface area contributed by atoms with Crippen LogP contribution in [0.4, 0.5) is 17.1 Å². The summed E-state index contributed by atoms with van der Waals surface area (Å²) < 4.78 is 0. The van der Waals surface area contributed by atoms with E-state index < -0.39 is 0 Å². The van der Waals surface area contributed by atoms with Crippen molar-refractivity contribution in [2.24, 2.45) is 0 Å². The smallest absolute Gasteiger partial charge is 0.0569 e. The van der Waals surface area contributed by atoms with Gasteiger partial charge in [0, 0.05) is 15.5 Å². The van der Waals surface area contributed by atoms with Crippen LogP contribution in [0.15, 0.2) is 52.3 Å². The van der Waals surface area contributed by atoms with Crippen LogP contribution in [-0.4, -0.2) is 0 Å². The lowest BCUT2D eigenvalue weighted by Gasteiger charge is -2.08. The Bertz CT molecular complexity index is 497. The van der Waals surface area contributed by atoms with Crippen molar-refractivity contribution in [2.45, 2.75) is 9.79 Å². The fourth-order valence-electron chi connectivity index (χ4n) is 1.33. The third-order valence-corrected chi connectivity index (χ3v) is 3.27. The molecule has 0 aromatic heterocycles. The Morgan fingerprint density at radius 3 is 2.06 bits per heavy atom. The molecule has 0 aliphatic rings. The first-order valence-electron chi connectivity index (χ1n) is 4.84. The Morgan fingerprint density at radius 2 is 1.38 bits per heavy atom. The molecule has 0 bridgehead atoms. The van der Waals surface area contributed by atoms with Gasteiger partial charge in [-0.15, -0.1) is 0 Å². The molecule has 0 aliphatic carbocycles. The zero-order valence-electron chi connectivity index (χ0n) is 8.68. The zero-order chi connectivity index (χ0) is 11.5. The second-order valence-corrected chi connectivity index (χ2v) is 4.55. The maximum atomic E-state index is 5.88. The molecule has 0 amide bonds. The minimum Gasteiger partial charge on any atom is -0.398 e. The van der Waals surface area contributed by atoms with Crippen LogP contribution in [0.1, 0.15) is 0 Å². The largest absolute Gasteiger partial charge is 0.398 e. The average Bonchev–Trinajstić information content (AvgIpc) is 2.27. The van der Waals surface area contributed by atoms with E-state index >= 15 is 0 Å². The van der Waals surface area contributed by atoms with E-state index in [0.717, 1.165) is 9.79 Å². The minimum atomic E-state index is 0.523. The van der Waals surface area contributed by atoms with E-state index in [1.165, 1.54) is 0 Å². The SMILES string of the molecule is Nc1cc(N)c(Sc2ccccc2)cc1N. The summed E-state index contributed by atoms with van der Waals surface area (Å²) in [6, 6.07) is 13.5. The first-order chi connectivity index (χ1) is 7.66. The van der Waals surface area contributed by atoms with Crippen molar-refractivity contribution in [2.75, 3.05) is 17.2 Å². The summed E-state index contributed by atoms with van der Waals surface area (Å²) in [5.41, 5.74) is 19.0. The molecule has 2 aromatic rings. The molecule has 0 saturated heterocycles. The number of anilines is 3. The number of nitrogens with two attached hydrogens (primary N) is 3. The van der Waals surface area contributed by atoms with Gasteiger partial charge in [-0.3, -0.25) is 0 Å². The first kappa shape index (κ1) is 10.7. The van der Waals surface area contributed by atoms with Crippen LogP contribution in [0.2, 0.25) is 0 Å². The predicted molar refractivity (Wildman–Crippen MR) is 70.2 cm³/mol. The summed E-state index contributed by atoms with van der Waals surface area (Å²) in [5.74, 6) is 0. The van der Waals surface area contributed by atoms with Crippen LogP contribution in [0.5, 0.6) is 0 Å². The molecule has 2 aromatic carbocycles. The Morgan fingerprint density at radius 1 is 0.750 bits per heavy atom. The summed E-state index contributed by atoms with van der Waals surface area (Å²) >= 11 is 1.58. The van der Waals surface area contributed by atoms with E-state index in [2.05, 4.69) is 0 Å². The van der Waals surface area contributed by atoms with Crippen molar-refractivity contribution < 1.29 is 0 Å². The molecule has 82 valence electrons. The number of rotatable bonds is 2. The normalized spacial score (nSPS) is 10.2. The van der Waals surface area contributed by atoms with Crippen LogP contribution < -0.4 is 17.2 Å². The fraction of sp³-hybridized carbons (Fsp3) is 0. The second-order valence-electron chi connectivity index (χ2n) is 3.43. The van der Waals surface area contributed by atoms with E-state index in [9.17, 15) is 0 Å². The van der Waals surface area contributed by atoms with Crippen LogP contribution in [0.25, 0.3) is 0 Å². The topological polar surface area (TPSA) is 78.1 Å². The quantitative estimate of drug-likeness (QED) is 0.694. The molecule has 3 nitrogen and oxygen atoms in total. The van der Waals surface area contributed by atoms with Gasteiger partial charge in [0.15, 0.2) is 0 Å². The van der Waals surface area contributed by atoms with Gasteiger partial charge in [-0.1, -0.05) is 30.0 Å². The van der Waals surface area contributed by atoms with Crippen molar-refractivity contribution in [1.29, 1.82) is 0 Å². The van der Waals surface area contributed by atoms with Gasteiger partial charge in [-0.2, -0.15) is 0 Å². The maximum Gasteiger partial charge on any atom is 0.0569 e. The number of hydrogen-bond acceptors (Lipinski definition) is 4. The summed E-state index contributed by atoms with van der Waals surface area (Å²) in [6.07, 6.45) is 0. The summed E-state index contributed by atoms with van der Waals surface area (Å²) in [7, 11) is 0. The highest BCUT2D eigenvalue weighted by Gasteiger charge is 2.05. The van der Waals surface area contributed by atoms with E-state index in [1.807, 2.05) is 36.4 Å². The Hall–Kier alpha value is -1.81. The molecular weight excluding hydrogens is 218 g/mol. The minimum absolute atomic E-state index is 0.523. The number of hydrogen-bond donors (Lipinski definition) is 3. The van der Waals surface area contributed by atoms with E-state index in [0.29, 0.717) is 17.1 Å². The molecular formula is C12H13N3S. The molecule has 4 heteroatoms. The molecule has 6 N–H and O–H groups in total. The number of benzene rings is 2. The maximum absolute atomic E-state index is 5.88. The standard InChI is InChI=1S/C12H13N3S/c13-9-6-11(15)12(7-10(9)14)16-8-4-2-1-3-5-8/h1-7H,13-15H2. The van der Waals surface area contributed by atoms with Crippen LogP contribution >= 0.6 is 11.8 Å². The van der Waals surface area contributed by atoms with Gasteiger partial charge in [0.25, 0.3) is 0 Å². The first-order valence-corrected chi connectivity index (χ1v) is 5.66. The van der Waals surface area contributed by atoms with Crippen molar-refractivity contribution in [3.8, 4) is 0 Å². The molecule has 0 atom stereocenters. The van der Waals surface area contributed by atoms with Crippen molar-refractivity contribution in [3.63, 3.8) is 0 Å². The van der Waals surface area contributed by atoms with Gasteiger partial charge in [0.2, 0.25) is 0 Å². The molecule has 0 fully saturated rings. The second kappa shape index (κ2) is 4.37. The average molecular weight is 231 g/mol. The van der Waals surface area contributed by atoms with E-state index in [4.69, 9.17) is 17.2 Å². The molecule has 0 heterocycles. The highest BCUT2D eigenvalue weighted by atomic mass is 32.2. The fourth-order valence-corrected chi connectivity index (χ4v) is 2.24. The summed E-state index contributed by atoms with van der Waals surface area (Å²) in [6.45, 7) is 0. The third-order valence-electron chi connectivity index (χ3n) is 2.19. The van der Waals surface area contributed by atoms with Crippen molar-refractivity contribution in [3.05, 3.63) is 42.5 Å². The molecule has 0 aliphatic heterocycles. The Balaban J connectivity index is 2.32. The van der Waals surface area contributed by atoms with Crippen LogP contribution in [0.3, 0.4) is 0 Å². The molecule has 0 spiro atoms. The zero-order valence-corrected chi connectivity index (χ0v) is 9.50. The molecule has 2 rings (SSSR count). The predicted octanol–water partition coefficient (Wildman–Crippen LogP) is 2.58. The van der Waals surface area contributed by atoms with Crippen LogP contribution in [0, 0.1) is 0 Å². The lowest BCUT2D eigenvalue weighted by atomic mass is 10.2. The Kier molecular flexibility index (Phi) is 2.92. The van der Waals surface area contributed by atoms with E-state index in [1.54, 1.807) is 17.8 Å². The number of nitrogen functional groups attached to an aromatic ring is 3. The molecule has 16 heavy (non-hydrogen) atoms. The molecule has 0 unspecified atom stereocenters. The Labute approximate surface area is 98.6 Å². The van der Waals surface area contributed by atoms with Crippen molar-refractivity contribution >= 4 is 28.8 Å². The van der Waals surface area contributed by atoms with Gasteiger partial charge >= 0.3 is 0 Å². The van der Waals surface area contributed by atoms with Crippen molar-refractivity contribution in [1.82, 2.24) is 0 Å². The lowest BCUT2D eigenvalue weighted by molar-refractivity contribution is 1.41.